The van der Waals surface area contributed by atoms with Crippen molar-refractivity contribution in [3.8, 4) is 11.4 Å². The number of hydrogen-bond donors (Lipinski definition) is 4. The van der Waals surface area contributed by atoms with Gasteiger partial charge in [-0.3, -0.25) is 28.9 Å². The minimum absolute atomic E-state index is 0.0430. The Balaban J connectivity index is 1.43. The van der Waals surface area contributed by atoms with E-state index in [1.807, 2.05) is 47.4 Å². The standard InChI is InChI=1S/C39H46ClN9O5S/c1-23(2)33-37(53)44-25(4)39(54)48(5)15-16-49(20-27-18-41-34(42-19-27)28-11-13-29(40)14-12-28)21-32(50)45-30(17-26-9-7-6-8-10-26)38-46-31(22-55-38)36(52)43-24(3)35(51)47-33/h6-14,18-19,22-25,30,33H,15-17,20-21H2,1-5H3,(H,43,52)(H,44,53)(H,45,50)(H,47,51)/t24-,25+,30-,33-/m0/s1. The van der Waals surface area contributed by atoms with E-state index in [0.717, 1.165) is 16.7 Å². The van der Waals surface area contributed by atoms with Crippen LogP contribution < -0.4 is 21.3 Å². The van der Waals surface area contributed by atoms with Crippen molar-refractivity contribution >= 4 is 52.5 Å². The van der Waals surface area contributed by atoms with Gasteiger partial charge < -0.3 is 26.2 Å². The van der Waals surface area contributed by atoms with Gasteiger partial charge in [0.25, 0.3) is 5.91 Å². The van der Waals surface area contributed by atoms with Crippen molar-refractivity contribution in [3.63, 3.8) is 0 Å². The molecule has 4 N–H and O–H groups in total. The highest BCUT2D eigenvalue weighted by Gasteiger charge is 2.31. The van der Waals surface area contributed by atoms with Gasteiger partial charge in [0.1, 0.15) is 28.8 Å². The number of nitrogens with zero attached hydrogens (tertiary/aromatic N) is 5. The van der Waals surface area contributed by atoms with Gasteiger partial charge in [-0.1, -0.05) is 55.8 Å². The summed E-state index contributed by atoms with van der Waals surface area (Å²) >= 11 is 7.27. The number of thiazole rings is 1. The van der Waals surface area contributed by atoms with Crippen molar-refractivity contribution in [2.45, 2.75) is 64.8 Å². The first-order valence-corrected chi connectivity index (χ1v) is 19.3. The van der Waals surface area contributed by atoms with E-state index in [9.17, 15) is 24.0 Å². The molecule has 16 heteroatoms. The molecule has 4 atom stereocenters. The molecule has 0 unspecified atom stereocenters. The van der Waals surface area contributed by atoms with Crippen molar-refractivity contribution in [1.82, 2.24) is 46.0 Å². The number of fused-ring (bicyclic) bond motifs is 2. The van der Waals surface area contributed by atoms with Crippen molar-refractivity contribution in [2.24, 2.45) is 5.92 Å². The van der Waals surface area contributed by atoms with Gasteiger partial charge >= 0.3 is 0 Å². The van der Waals surface area contributed by atoms with Crippen LogP contribution in [0.3, 0.4) is 0 Å². The first-order valence-electron chi connectivity index (χ1n) is 18.0. The Morgan fingerprint density at radius 2 is 1.53 bits per heavy atom. The van der Waals surface area contributed by atoms with Crippen molar-refractivity contribution in [3.05, 3.63) is 99.2 Å². The highest BCUT2D eigenvalue weighted by atomic mass is 35.5. The summed E-state index contributed by atoms with van der Waals surface area (Å²) in [6, 6.07) is 13.4. The highest BCUT2D eigenvalue weighted by Crippen LogP contribution is 2.23. The summed E-state index contributed by atoms with van der Waals surface area (Å²) in [5, 5.41) is 13.9. The van der Waals surface area contributed by atoms with E-state index in [2.05, 4.69) is 36.2 Å². The minimum atomic E-state index is -1.00. The molecule has 290 valence electrons. The number of halogens is 1. The Bertz CT molecular complexity index is 1960. The summed E-state index contributed by atoms with van der Waals surface area (Å²) < 4.78 is 0. The molecule has 5 rings (SSSR count). The van der Waals surface area contributed by atoms with E-state index >= 15 is 0 Å². The third-order valence-electron chi connectivity index (χ3n) is 9.10. The third kappa shape index (κ3) is 11.4. The van der Waals surface area contributed by atoms with Crippen LogP contribution in [0, 0.1) is 5.92 Å². The quantitative estimate of drug-likeness (QED) is 0.228. The second-order valence-corrected chi connectivity index (χ2v) is 15.3. The molecule has 4 aromatic rings. The molecule has 14 nitrogen and oxygen atoms in total. The summed E-state index contributed by atoms with van der Waals surface area (Å²) in [7, 11) is 1.63. The Hall–Kier alpha value is -5.25. The molecule has 0 radical (unpaired) electrons. The van der Waals surface area contributed by atoms with Gasteiger partial charge in [-0.15, -0.1) is 11.3 Å². The van der Waals surface area contributed by atoms with E-state index in [4.69, 9.17) is 11.6 Å². The molecule has 0 aliphatic carbocycles. The van der Waals surface area contributed by atoms with Crippen LogP contribution in [0.5, 0.6) is 0 Å². The average molecular weight is 788 g/mol. The number of benzene rings is 2. The zero-order valence-electron chi connectivity index (χ0n) is 31.4. The summed E-state index contributed by atoms with van der Waals surface area (Å²) in [5.41, 5.74) is 2.60. The maximum atomic E-state index is 13.9. The fourth-order valence-corrected chi connectivity index (χ4v) is 6.92. The van der Waals surface area contributed by atoms with E-state index in [-0.39, 0.29) is 36.5 Å². The number of rotatable bonds is 6. The molecule has 0 saturated carbocycles. The van der Waals surface area contributed by atoms with Crippen LogP contribution in [0.2, 0.25) is 5.02 Å². The maximum absolute atomic E-state index is 13.9. The Kier molecular flexibility index (Phi) is 14.0. The van der Waals surface area contributed by atoms with E-state index in [1.54, 1.807) is 57.7 Å². The average Bonchev–Trinajstić information content (AvgIpc) is 3.66. The number of likely N-dealkylation sites (N-methyl/N-ethyl adjacent to an activating group) is 1. The molecule has 0 spiro atoms. The molecule has 1 aliphatic rings. The summed E-state index contributed by atoms with van der Waals surface area (Å²) in [5.74, 6) is -2.13. The Morgan fingerprint density at radius 1 is 0.836 bits per heavy atom. The van der Waals surface area contributed by atoms with E-state index in [1.165, 1.54) is 23.2 Å². The number of aromatic nitrogens is 3. The number of nitrogens with one attached hydrogen (secondary N) is 4. The van der Waals surface area contributed by atoms with Crippen molar-refractivity contribution in [1.29, 1.82) is 0 Å². The predicted molar refractivity (Wildman–Crippen MR) is 210 cm³/mol. The lowest BCUT2D eigenvalue weighted by Gasteiger charge is -2.29. The van der Waals surface area contributed by atoms with Gasteiger partial charge in [-0.2, -0.15) is 0 Å². The molecular formula is C39H46ClN9O5S. The van der Waals surface area contributed by atoms with Crippen molar-refractivity contribution in [2.75, 3.05) is 26.7 Å². The van der Waals surface area contributed by atoms with Gasteiger partial charge in [0.05, 0.1) is 12.6 Å². The van der Waals surface area contributed by atoms with Crippen molar-refractivity contribution < 1.29 is 24.0 Å². The first kappa shape index (κ1) is 40.9. The molecule has 2 aromatic heterocycles. The van der Waals surface area contributed by atoms with Crippen LogP contribution in [0.25, 0.3) is 11.4 Å². The van der Waals surface area contributed by atoms with Crippen LogP contribution >= 0.6 is 22.9 Å². The number of hydrogen-bond acceptors (Lipinski definition) is 10. The zero-order chi connectivity index (χ0) is 39.6. The van der Waals surface area contributed by atoms with Crippen LogP contribution in [0.4, 0.5) is 0 Å². The Morgan fingerprint density at radius 3 is 2.20 bits per heavy atom. The lowest BCUT2D eigenvalue weighted by molar-refractivity contribution is -0.136. The monoisotopic (exact) mass is 787 g/mol. The summed E-state index contributed by atoms with van der Waals surface area (Å²) in [4.78, 5) is 84.2. The molecule has 55 heavy (non-hydrogen) atoms. The van der Waals surface area contributed by atoms with E-state index in [0.29, 0.717) is 35.4 Å². The lowest BCUT2D eigenvalue weighted by atomic mass is 10.0. The molecule has 3 heterocycles. The minimum Gasteiger partial charge on any atom is -0.345 e. The van der Waals surface area contributed by atoms with Crippen LogP contribution in [0.1, 0.15) is 60.4 Å². The fourth-order valence-electron chi connectivity index (χ4n) is 5.95. The van der Waals surface area contributed by atoms with Gasteiger partial charge in [0.2, 0.25) is 23.6 Å². The molecule has 0 saturated heterocycles. The number of carbonyl (C=O) groups excluding carboxylic acids is 5. The molecule has 5 amide bonds. The SMILES string of the molecule is CC(C)[C@@H]1NC(=O)[C@H](C)NC(=O)c2csc(n2)[C@H](Cc2ccccc2)NC(=O)CN(Cc2cnc(-c3ccc(Cl)cc3)nc2)CCN(C)C(=O)[C@@H](C)NC1=O. The molecule has 1 aliphatic heterocycles. The highest BCUT2D eigenvalue weighted by molar-refractivity contribution is 7.09. The smallest absolute Gasteiger partial charge is 0.271 e. The first-order chi connectivity index (χ1) is 26.3. The predicted octanol–water partition coefficient (Wildman–Crippen LogP) is 3.39. The topological polar surface area (TPSA) is 179 Å². The normalized spacial score (nSPS) is 21.3. The van der Waals surface area contributed by atoms with E-state index < -0.39 is 41.9 Å². The lowest BCUT2D eigenvalue weighted by Crippen LogP contribution is -2.57. The van der Waals surface area contributed by atoms with Crippen LogP contribution in [0.15, 0.2) is 72.4 Å². The van der Waals surface area contributed by atoms with Gasteiger partial charge in [0.15, 0.2) is 5.82 Å². The molecule has 2 bridgehead atoms. The zero-order valence-corrected chi connectivity index (χ0v) is 33.0. The maximum Gasteiger partial charge on any atom is 0.271 e. The van der Waals surface area contributed by atoms with Crippen LogP contribution in [-0.2, 0) is 32.1 Å². The van der Waals surface area contributed by atoms with Crippen LogP contribution in [-0.4, -0.2) is 99.1 Å². The second-order valence-electron chi connectivity index (χ2n) is 13.9. The van der Waals surface area contributed by atoms with Gasteiger partial charge in [-0.25, -0.2) is 15.0 Å². The van der Waals surface area contributed by atoms with Gasteiger partial charge in [-0.05, 0) is 56.0 Å². The second kappa shape index (κ2) is 18.9. The molecule has 0 fully saturated rings. The molecule has 2 aromatic carbocycles. The molecular weight excluding hydrogens is 742 g/mol. The number of carbonyl (C=O) groups is 5. The largest absolute Gasteiger partial charge is 0.345 e. The fraction of sp³-hybridized carbons (Fsp3) is 0.385. The van der Waals surface area contributed by atoms with Gasteiger partial charge in [0, 0.05) is 60.6 Å². The summed E-state index contributed by atoms with van der Waals surface area (Å²) in [6.07, 6.45) is 3.81. The Labute approximate surface area is 329 Å². The number of amides is 5. The summed E-state index contributed by atoms with van der Waals surface area (Å²) in [6.45, 7) is 7.41. The third-order valence-corrected chi connectivity index (χ3v) is 10.3.